The zero-order chi connectivity index (χ0) is 25.1. The minimum Gasteiger partial charge on any atom is -0.493 e. The van der Waals surface area contributed by atoms with E-state index in [9.17, 15) is 0 Å². The molecule has 1 fully saturated rings. The van der Waals surface area contributed by atoms with E-state index in [0.717, 1.165) is 78.8 Å². The first kappa shape index (κ1) is 24.9. The fraction of sp³-hybridized carbons (Fsp3) is 0.414. The van der Waals surface area contributed by atoms with E-state index in [0.29, 0.717) is 24.0 Å². The van der Waals surface area contributed by atoms with E-state index >= 15 is 0 Å². The highest BCUT2D eigenvalue weighted by Gasteiger charge is 2.15. The van der Waals surface area contributed by atoms with Crippen LogP contribution < -0.4 is 4.74 Å². The second-order valence-corrected chi connectivity index (χ2v) is 10.7. The van der Waals surface area contributed by atoms with Gasteiger partial charge >= 0.3 is 0 Å². The monoisotopic (exact) mass is 506 g/mol. The van der Waals surface area contributed by atoms with Crippen LogP contribution in [0.4, 0.5) is 0 Å². The number of piperazine rings is 1. The van der Waals surface area contributed by atoms with Crippen molar-refractivity contribution in [2.24, 2.45) is 5.92 Å². The highest BCUT2D eigenvalue weighted by atomic mass is 35.5. The molecule has 1 aliphatic heterocycles. The first-order chi connectivity index (χ1) is 17.4. The Morgan fingerprint density at radius 3 is 2.69 bits per heavy atom. The standard InChI is InChI=1S/C29H35ClN4O2/c1-20(2)19-35-27-8-5-23(30)17-22(27)18-24-6-9-28(36-24)29-31-25-7-4-21(16-26(25)32-29)10-11-34-14-12-33(3)13-15-34/h4-9,16-17,20H,10-15,18-19H2,1-3H3,(H,31,32). The van der Waals surface area contributed by atoms with Crippen molar-refractivity contribution in [3.63, 3.8) is 0 Å². The van der Waals surface area contributed by atoms with Crippen LogP contribution in [0.25, 0.3) is 22.6 Å². The zero-order valence-corrected chi connectivity index (χ0v) is 22.1. The number of nitrogens with zero attached hydrogens (tertiary/aromatic N) is 3. The number of rotatable bonds is 9. The van der Waals surface area contributed by atoms with Crippen LogP contribution in [-0.4, -0.2) is 66.1 Å². The maximum Gasteiger partial charge on any atom is 0.174 e. The summed E-state index contributed by atoms with van der Waals surface area (Å²) in [5.41, 5.74) is 4.33. The summed E-state index contributed by atoms with van der Waals surface area (Å²) in [4.78, 5) is 13.2. The Hall–Kier alpha value is -2.80. The van der Waals surface area contributed by atoms with E-state index in [1.165, 1.54) is 5.56 Å². The number of nitrogens with one attached hydrogen (secondary N) is 1. The molecule has 4 aromatic rings. The molecule has 1 saturated heterocycles. The molecule has 36 heavy (non-hydrogen) atoms. The van der Waals surface area contributed by atoms with Gasteiger partial charge in [-0.2, -0.15) is 0 Å². The van der Waals surface area contributed by atoms with E-state index in [1.807, 2.05) is 30.3 Å². The lowest BCUT2D eigenvalue weighted by Gasteiger charge is -2.32. The van der Waals surface area contributed by atoms with Crippen molar-refractivity contribution in [2.45, 2.75) is 26.7 Å². The van der Waals surface area contributed by atoms with Gasteiger partial charge < -0.3 is 23.9 Å². The van der Waals surface area contributed by atoms with Crippen molar-refractivity contribution in [1.29, 1.82) is 0 Å². The number of imidazole rings is 1. The molecule has 190 valence electrons. The normalized spacial score (nSPS) is 15.2. The molecule has 0 aliphatic carbocycles. The smallest absolute Gasteiger partial charge is 0.174 e. The number of fused-ring (bicyclic) bond motifs is 1. The number of aromatic amines is 1. The van der Waals surface area contributed by atoms with Crippen LogP contribution in [0.2, 0.25) is 5.02 Å². The third-order valence-corrected chi connectivity index (χ3v) is 6.95. The Kier molecular flexibility index (Phi) is 7.65. The Balaban J connectivity index is 1.27. The van der Waals surface area contributed by atoms with Crippen LogP contribution in [0.5, 0.6) is 5.75 Å². The maximum absolute atomic E-state index is 6.27. The van der Waals surface area contributed by atoms with Crippen LogP contribution in [0.3, 0.4) is 0 Å². The van der Waals surface area contributed by atoms with E-state index in [-0.39, 0.29) is 0 Å². The number of furan rings is 1. The lowest BCUT2D eigenvalue weighted by atomic mass is 10.1. The number of halogens is 1. The second kappa shape index (κ2) is 11.1. The largest absolute Gasteiger partial charge is 0.493 e. The highest BCUT2D eigenvalue weighted by molar-refractivity contribution is 6.30. The van der Waals surface area contributed by atoms with Crippen molar-refractivity contribution >= 4 is 22.6 Å². The number of H-pyrrole nitrogens is 1. The number of hydrogen-bond acceptors (Lipinski definition) is 5. The van der Waals surface area contributed by atoms with Crippen LogP contribution in [0.1, 0.15) is 30.7 Å². The zero-order valence-electron chi connectivity index (χ0n) is 21.4. The minimum absolute atomic E-state index is 0.448. The molecule has 0 amide bonds. The highest BCUT2D eigenvalue weighted by Crippen LogP contribution is 2.29. The third kappa shape index (κ3) is 6.12. The summed E-state index contributed by atoms with van der Waals surface area (Å²) >= 11 is 6.27. The van der Waals surface area contributed by atoms with Gasteiger partial charge in [-0.1, -0.05) is 31.5 Å². The lowest BCUT2D eigenvalue weighted by Crippen LogP contribution is -2.45. The topological polar surface area (TPSA) is 57.5 Å². The maximum atomic E-state index is 6.27. The summed E-state index contributed by atoms with van der Waals surface area (Å²) in [5.74, 6) is 3.61. The molecule has 0 bridgehead atoms. The van der Waals surface area contributed by atoms with Crippen molar-refractivity contribution < 1.29 is 9.15 Å². The number of hydrogen-bond donors (Lipinski definition) is 1. The summed E-state index contributed by atoms with van der Waals surface area (Å²) in [6.07, 6.45) is 1.64. The van der Waals surface area contributed by atoms with Crippen LogP contribution in [0.15, 0.2) is 52.9 Å². The SMILES string of the molecule is CC(C)COc1ccc(Cl)cc1Cc1ccc(-c2nc3ccc(CCN4CCN(C)CC4)cc3[nH]2)o1. The van der Waals surface area contributed by atoms with Gasteiger partial charge in [0.2, 0.25) is 0 Å². The lowest BCUT2D eigenvalue weighted by molar-refractivity contribution is 0.155. The predicted molar refractivity (Wildman–Crippen MR) is 146 cm³/mol. The van der Waals surface area contributed by atoms with Crippen molar-refractivity contribution in [2.75, 3.05) is 46.4 Å². The molecule has 2 aromatic heterocycles. The Morgan fingerprint density at radius 1 is 1.06 bits per heavy atom. The molecule has 0 spiro atoms. The van der Waals surface area contributed by atoms with E-state index in [2.05, 4.69) is 53.9 Å². The summed E-state index contributed by atoms with van der Waals surface area (Å²) in [6, 6.07) is 16.2. The Labute approximate surface area is 218 Å². The van der Waals surface area contributed by atoms with Gasteiger partial charge in [0.05, 0.1) is 17.6 Å². The van der Waals surface area contributed by atoms with Gasteiger partial charge in [-0.05, 0) is 67.4 Å². The fourth-order valence-corrected chi connectivity index (χ4v) is 4.75. The van der Waals surface area contributed by atoms with Crippen LogP contribution in [-0.2, 0) is 12.8 Å². The summed E-state index contributed by atoms with van der Waals surface area (Å²) < 4.78 is 12.2. The molecular formula is C29H35ClN4O2. The fourth-order valence-electron chi connectivity index (χ4n) is 4.56. The molecule has 3 heterocycles. The molecular weight excluding hydrogens is 472 g/mol. The molecule has 2 aromatic carbocycles. The first-order valence-electron chi connectivity index (χ1n) is 12.8. The number of aromatic nitrogens is 2. The number of benzene rings is 2. The quantitative estimate of drug-likeness (QED) is 0.306. The number of ether oxygens (including phenoxy) is 1. The van der Waals surface area contributed by atoms with E-state index < -0.39 is 0 Å². The van der Waals surface area contributed by atoms with Crippen molar-refractivity contribution in [3.8, 4) is 17.3 Å². The summed E-state index contributed by atoms with van der Waals surface area (Å²) in [6.45, 7) is 10.6. The average molecular weight is 507 g/mol. The molecule has 0 saturated carbocycles. The predicted octanol–water partition coefficient (Wildman–Crippen LogP) is 5.89. The minimum atomic E-state index is 0.448. The number of likely N-dealkylation sites (N-methyl/N-ethyl adjacent to an activating group) is 1. The molecule has 1 N–H and O–H groups in total. The molecule has 1 aliphatic rings. The second-order valence-electron chi connectivity index (χ2n) is 10.2. The third-order valence-electron chi connectivity index (χ3n) is 6.71. The molecule has 5 rings (SSSR count). The molecule has 6 nitrogen and oxygen atoms in total. The summed E-state index contributed by atoms with van der Waals surface area (Å²) in [5, 5.41) is 0.689. The van der Waals surface area contributed by atoms with Gasteiger partial charge in [-0.25, -0.2) is 4.98 Å². The molecule has 0 unspecified atom stereocenters. The van der Waals surface area contributed by atoms with Crippen molar-refractivity contribution in [1.82, 2.24) is 19.8 Å². The Morgan fingerprint density at radius 2 is 1.89 bits per heavy atom. The van der Waals surface area contributed by atoms with Crippen molar-refractivity contribution in [3.05, 3.63) is 70.4 Å². The van der Waals surface area contributed by atoms with Gasteiger partial charge in [-0.3, -0.25) is 0 Å². The Bertz CT molecular complexity index is 1300. The van der Waals surface area contributed by atoms with Gasteiger partial charge in [0.1, 0.15) is 11.5 Å². The van der Waals surface area contributed by atoms with Gasteiger partial charge in [0.15, 0.2) is 11.6 Å². The average Bonchev–Trinajstić information content (AvgIpc) is 3.49. The summed E-state index contributed by atoms with van der Waals surface area (Å²) in [7, 11) is 2.19. The molecule has 0 atom stereocenters. The first-order valence-corrected chi connectivity index (χ1v) is 13.2. The molecule has 0 radical (unpaired) electrons. The van der Waals surface area contributed by atoms with Gasteiger partial charge in [0.25, 0.3) is 0 Å². The van der Waals surface area contributed by atoms with Gasteiger partial charge in [0, 0.05) is 49.7 Å². The molecule has 7 heteroatoms. The van der Waals surface area contributed by atoms with Crippen LogP contribution >= 0.6 is 11.6 Å². The van der Waals surface area contributed by atoms with Crippen LogP contribution in [0, 0.1) is 5.92 Å². The van der Waals surface area contributed by atoms with E-state index in [4.69, 9.17) is 25.7 Å². The van der Waals surface area contributed by atoms with E-state index in [1.54, 1.807) is 0 Å². The van der Waals surface area contributed by atoms with Gasteiger partial charge in [-0.15, -0.1) is 0 Å².